The van der Waals surface area contributed by atoms with Gasteiger partial charge in [-0.05, 0) is 26.0 Å². The Kier molecular flexibility index (Phi) is 3.27. The number of rotatable bonds is 4. The van der Waals surface area contributed by atoms with Gasteiger partial charge in [-0.3, -0.25) is 0 Å². The molecule has 5 heteroatoms. The summed E-state index contributed by atoms with van der Waals surface area (Å²) in [5, 5.41) is 6.96. The standard InChI is InChI=1S/C12H15N3O2/c1-8(2)13-12-14-11(15-17-12)9-5-4-6-10(7-9)16-3/h4-8H,1-3H3,(H,13,14,15). The molecular weight excluding hydrogens is 218 g/mol. The van der Waals surface area contributed by atoms with Gasteiger partial charge >= 0.3 is 6.01 Å². The predicted molar refractivity (Wildman–Crippen MR) is 65.0 cm³/mol. The van der Waals surface area contributed by atoms with Crippen molar-refractivity contribution in [2.45, 2.75) is 19.9 Å². The topological polar surface area (TPSA) is 60.2 Å². The Bertz CT molecular complexity index is 494. The van der Waals surface area contributed by atoms with Crippen molar-refractivity contribution in [2.24, 2.45) is 0 Å². The summed E-state index contributed by atoms with van der Waals surface area (Å²) in [7, 11) is 1.63. The number of anilines is 1. The van der Waals surface area contributed by atoms with Crippen LogP contribution in [-0.2, 0) is 0 Å². The summed E-state index contributed by atoms with van der Waals surface area (Å²) >= 11 is 0. The van der Waals surface area contributed by atoms with Crippen molar-refractivity contribution >= 4 is 6.01 Å². The molecule has 0 amide bonds. The minimum atomic E-state index is 0.258. The third-order valence-corrected chi connectivity index (χ3v) is 2.17. The molecule has 0 unspecified atom stereocenters. The maximum atomic E-state index is 5.15. The average Bonchev–Trinajstić information content (AvgIpc) is 2.77. The van der Waals surface area contributed by atoms with Crippen molar-refractivity contribution in [3.8, 4) is 17.1 Å². The molecule has 0 aliphatic heterocycles. The van der Waals surface area contributed by atoms with Crippen LogP contribution in [0.3, 0.4) is 0 Å². The molecule has 0 radical (unpaired) electrons. The van der Waals surface area contributed by atoms with E-state index in [9.17, 15) is 0 Å². The van der Waals surface area contributed by atoms with E-state index in [0.29, 0.717) is 11.8 Å². The number of aromatic nitrogens is 2. The number of nitrogens with zero attached hydrogens (tertiary/aromatic N) is 2. The number of nitrogens with one attached hydrogen (secondary N) is 1. The van der Waals surface area contributed by atoms with Crippen LogP contribution in [0.5, 0.6) is 5.75 Å². The zero-order valence-corrected chi connectivity index (χ0v) is 10.1. The molecule has 2 aromatic rings. The SMILES string of the molecule is COc1cccc(-c2noc(NC(C)C)n2)c1. The molecule has 0 bridgehead atoms. The Morgan fingerprint density at radius 1 is 1.35 bits per heavy atom. The van der Waals surface area contributed by atoms with Gasteiger partial charge in [-0.25, -0.2) is 0 Å². The largest absolute Gasteiger partial charge is 0.497 e. The van der Waals surface area contributed by atoms with E-state index < -0.39 is 0 Å². The molecule has 1 heterocycles. The van der Waals surface area contributed by atoms with E-state index in [4.69, 9.17) is 9.26 Å². The molecule has 2 rings (SSSR count). The Balaban J connectivity index is 2.24. The molecular formula is C12H15N3O2. The minimum absolute atomic E-state index is 0.258. The van der Waals surface area contributed by atoms with Gasteiger partial charge in [-0.2, -0.15) is 4.98 Å². The van der Waals surface area contributed by atoms with Crippen molar-refractivity contribution in [1.29, 1.82) is 0 Å². The predicted octanol–water partition coefficient (Wildman–Crippen LogP) is 2.57. The summed E-state index contributed by atoms with van der Waals surface area (Å²) in [5.74, 6) is 1.32. The van der Waals surface area contributed by atoms with E-state index in [0.717, 1.165) is 11.3 Å². The highest BCUT2D eigenvalue weighted by molar-refractivity contribution is 5.57. The molecule has 0 aliphatic rings. The number of hydrogen-bond acceptors (Lipinski definition) is 5. The molecule has 0 spiro atoms. The van der Waals surface area contributed by atoms with Crippen LogP contribution in [-0.4, -0.2) is 23.3 Å². The summed E-state index contributed by atoms with van der Waals surface area (Å²) in [6.45, 7) is 4.02. The van der Waals surface area contributed by atoms with Crippen molar-refractivity contribution in [3.63, 3.8) is 0 Å². The van der Waals surface area contributed by atoms with E-state index in [1.165, 1.54) is 0 Å². The Morgan fingerprint density at radius 2 is 2.18 bits per heavy atom. The molecule has 0 saturated heterocycles. The van der Waals surface area contributed by atoms with Gasteiger partial charge < -0.3 is 14.6 Å². The van der Waals surface area contributed by atoms with Crippen LogP contribution in [0.4, 0.5) is 6.01 Å². The number of hydrogen-bond donors (Lipinski definition) is 1. The van der Waals surface area contributed by atoms with Crippen LogP contribution < -0.4 is 10.1 Å². The molecule has 1 aromatic heterocycles. The van der Waals surface area contributed by atoms with Gasteiger partial charge in [0, 0.05) is 11.6 Å². The fourth-order valence-electron chi connectivity index (χ4n) is 1.41. The second-order valence-corrected chi connectivity index (χ2v) is 3.95. The van der Waals surface area contributed by atoms with Gasteiger partial charge in [-0.15, -0.1) is 0 Å². The first-order valence-corrected chi connectivity index (χ1v) is 5.43. The Hall–Kier alpha value is -2.04. The second-order valence-electron chi connectivity index (χ2n) is 3.95. The molecule has 0 saturated carbocycles. The van der Waals surface area contributed by atoms with E-state index in [1.54, 1.807) is 7.11 Å². The van der Waals surface area contributed by atoms with Gasteiger partial charge in [0.15, 0.2) is 0 Å². The first kappa shape index (κ1) is 11.4. The second kappa shape index (κ2) is 4.86. The van der Waals surface area contributed by atoms with Crippen molar-refractivity contribution < 1.29 is 9.26 Å². The summed E-state index contributed by atoms with van der Waals surface area (Å²) in [4.78, 5) is 4.25. The molecule has 1 N–H and O–H groups in total. The van der Waals surface area contributed by atoms with Crippen molar-refractivity contribution in [3.05, 3.63) is 24.3 Å². The fourth-order valence-corrected chi connectivity index (χ4v) is 1.41. The lowest BCUT2D eigenvalue weighted by Crippen LogP contribution is -2.09. The first-order chi connectivity index (χ1) is 8.19. The number of methoxy groups -OCH3 is 1. The molecule has 17 heavy (non-hydrogen) atoms. The third-order valence-electron chi connectivity index (χ3n) is 2.17. The molecule has 0 atom stereocenters. The Labute approximate surface area is 99.8 Å². The number of benzene rings is 1. The summed E-state index contributed by atoms with van der Waals surface area (Å²) in [6.07, 6.45) is 0. The van der Waals surface area contributed by atoms with Gasteiger partial charge in [0.1, 0.15) is 5.75 Å². The highest BCUT2D eigenvalue weighted by Crippen LogP contribution is 2.22. The fraction of sp³-hybridized carbons (Fsp3) is 0.333. The van der Waals surface area contributed by atoms with Crippen molar-refractivity contribution in [2.75, 3.05) is 12.4 Å². The van der Waals surface area contributed by atoms with E-state index in [1.807, 2.05) is 38.1 Å². The summed E-state index contributed by atoms with van der Waals surface area (Å²) in [5.41, 5.74) is 0.866. The highest BCUT2D eigenvalue weighted by atomic mass is 16.5. The van der Waals surface area contributed by atoms with E-state index in [2.05, 4.69) is 15.5 Å². The minimum Gasteiger partial charge on any atom is -0.497 e. The molecule has 1 aromatic carbocycles. The zero-order chi connectivity index (χ0) is 12.3. The maximum Gasteiger partial charge on any atom is 0.321 e. The van der Waals surface area contributed by atoms with Crippen LogP contribution in [0.15, 0.2) is 28.8 Å². The smallest absolute Gasteiger partial charge is 0.321 e. The summed E-state index contributed by atoms with van der Waals surface area (Å²) < 4.78 is 10.2. The van der Waals surface area contributed by atoms with Gasteiger partial charge in [0.25, 0.3) is 0 Å². The van der Waals surface area contributed by atoms with Gasteiger partial charge in [0.2, 0.25) is 5.82 Å². The lowest BCUT2D eigenvalue weighted by Gasteiger charge is -2.02. The average molecular weight is 233 g/mol. The van der Waals surface area contributed by atoms with Crippen LogP contribution >= 0.6 is 0 Å². The maximum absolute atomic E-state index is 5.15. The molecule has 0 fully saturated rings. The monoisotopic (exact) mass is 233 g/mol. The highest BCUT2D eigenvalue weighted by Gasteiger charge is 2.09. The summed E-state index contributed by atoms with van der Waals surface area (Å²) in [6, 6.07) is 8.22. The number of ether oxygens (including phenoxy) is 1. The van der Waals surface area contributed by atoms with Gasteiger partial charge in [0.05, 0.1) is 7.11 Å². The van der Waals surface area contributed by atoms with Crippen molar-refractivity contribution in [1.82, 2.24) is 10.1 Å². The van der Waals surface area contributed by atoms with E-state index >= 15 is 0 Å². The quantitative estimate of drug-likeness (QED) is 0.879. The van der Waals surface area contributed by atoms with Crippen LogP contribution in [0.25, 0.3) is 11.4 Å². The normalized spacial score (nSPS) is 10.6. The van der Waals surface area contributed by atoms with Crippen LogP contribution in [0, 0.1) is 0 Å². The van der Waals surface area contributed by atoms with E-state index in [-0.39, 0.29) is 6.04 Å². The lowest BCUT2D eigenvalue weighted by molar-refractivity contribution is 0.414. The molecule has 90 valence electrons. The van der Waals surface area contributed by atoms with Crippen LogP contribution in [0.1, 0.15) is 13.8 Å². The van der Waals surface area contributed by atoms with Gasteiger partial charge in [-0.1, -0.05) is 17.3 Å². The Morgan fingerprint density at radius 3 is 2.88 bits per heavy atom. The molecule has 0 aliphatic carbocycles. The third kappa shape index (κ3) is 2.75. The van der Waals surface area contributed by atoms with Crippen LogP contribution in [0.2, 0.25) is 0 Å². The lowest BCUT2D eigenvalue weighted by atomic mass is 10.2. The first-order valence-electron chi connectivity index (χ1n) is 5.43. The molecule has 5 nitrogen and oxygen atoms in total. The zero-order valence-electron chi connectivity index (χ0n) is 10.1.